The summed E-state index contributed by atoms with van der Waals surface area (Å²) in [5, 5.41) is 39.2. The Bertz CT molecular complexity index is 1290. The van der Waals surface area contributed by atoms with E-state index in [2.05, 4.69) is 31.6 Å². The molecule has 23 heteroatoms. The van der Waals surface area contributed by atoms with Crippen molar-refractivity contribution >= 4 is 59.2 Å². The molecule has 0 radical (unpaired) electrons. The maximum atomic E-state index is 13.2. The summed E-state index contributed by atoms with van der Waals surface area (Å²) < 4.78 is 0. The summed E-state index contributed by atoms with van der Waals surface area (Å²) in [6.45, 7) is -2.12. The van der Waals surface area contributed by atoms with Gasteiger partial charge in [0.15, 0.2) is 5.96 Å². The lowest BCUT2D eigenvalue weighted by Crippen LogP contribution is -2.59. The van der Waals surface area contributed by atoms with Crippen molar-refractivity contribution in [3.05, 3.63) is 0 Å². The van der Waals surface area contributed by atoms with E-state index in [1.54, 1.807) is 0 Å². The van der Waals surface area contributed by atoms with Crippen LogP contribution in [0.2, 0.25) is 0 Å². The quantitative estimate of drug-likeness (QED) is 0.0300. The van der Waals surface area contributed by atoms with Crippen molar-refractivity contribution < 1.29 is 58.5 Å². The molecule has 1 aliphatic heterocycles. The van der Waals surface area contributed by atoms with Crippen LogP contribution >= 0.6 is 0 Å². The molecule has 5 atom stereocenters. The van der Waals surface area contributed by atoms with Crippen LogP contribution in [-0.2, 0) is 43.2 Å². The van der Waals surface area contributed by atoms with Crippen LogP contribution in [0.4, 0.5) is 0 Å². The van der Waals surface area contributed by atoms with E-state index in [4.69, 9.17) is 28.0 Å². The van der Waals surface area contributed by atoms with Crippen LogP contribution in [0.3, 0.4) is 0 Å². The number of nitrogens with zero attached hydrogens (tertiary/aromatic N) is 2. The fourth-order valence-electron chi connectivity index (χ4n) is 4.57. The topological polar surface area (TPSA) is 394 Å². The number of guanidine groups is 1. The Labute approximate surface area is 278 Å². The Morgan fingerprint density at radius 2 is 1.41 bits per heavy atom. The van der Waals surface area contributed by atoms with Gasteiger partial charge in [0.2, 0.25) is 41.4 Å². The van der Waals surface area contributed by atoms with Gasteiger partial charge in [-0.2, -0.15) is 0 Å². The largest absolute Gasteiger partial charge is 0.481 e. The van der Waals surface area contributed by atoms with Gasteiger partial charge in [-0.05, 0) is 25.7 Å². The minimum Gasteiger partial charge on any atom is -0.481 e. The number of primary amides is 1. The number of amides is 7. The van der Waals surface area contributed by atoms with Gasteiger partial charge in [0, 0.05) is 13.1 Å². The molecule has 274 valence electrons. The number of aliphatic hydroxyl groups excluding tert-OH is 1. The van der Waals surface area contributed by atoms with Crippen molar-refractivity contribution in [1.29, 1.82) is 0 Å². The number of hydrogen-bond acceptors (Lipinski definition) is 12. The van der Waals surface area contributed by atoms with E-state index in [1.807, 2.05) is 0 Å². The van der Waals surface area contributed by atoms with Crippen molar-refractivity contribution in [2.45, 2.75) is 68.7 Å². The first-order valence-electron chi connectivity index (χ1n) is 14.9. The van der Waals surface area contributed by atoms with E-state index in [0.717, 1.165) is 4.90 Å². The van der Waals surface area contributed by atoms with Gasteiger partial charge < -0.3 is 69.7 Å². The van der Waals surface area contributed by atoms with E-state index in [9.17, 15) is 53.4 Å². The summed E-state index contributed by atoms with van der Waals surface area (Å²) in [5.41, 5.74) is 20.9. The summed E-state index contributed by atoms with van der Waals surface area (Å²) >= 11 is 0. The second-order valence-electron chi connectivity index (χ2n) is 10.7. The van der Waals surface area contributed by atoms with Crippen LogP contribution < -0.4 is 49.5 Å². The number of rotatable bonds is 21. The first kappa shape index (κ1) is 41.4. The van der Waals surface area contributed by atoms with Crippen LogP contribution in [0.1, 0.15) is 38.5 Å². The Hall–Kier alpha value is -5.58. The summed E-state index contributed by atoms with van der Waals surface area (Å²) in [6, 6.07) is -7.47. The predicted molar refractivity (Wildman–Crippen MR) is 165 cm³/mol. The van der Waals surface area contributed by atoms with Crippen molar-refractivity contribution in [1.82, 2.24) is 31.5 Å². The summed E-state index contributed by atoms with van der Waals surface area (Å²) in [7, 11) is 0. The van der Waals surface area contributed by atoms with Crippen LogP contribution in [0.25, 0.3) is 0 Å². The average molecular weight is 702 g/mol. The molecule has 1 fully saturated rings. The number of carboxylic acid groups (broad SMARTS) is 2. The number of nitrogens with one attached hydrogen (secondary N) is 5. The molecule has 4 unspecified atom stereocenters. The van der Waals surface area contributed by atoms with Crippen LogP contribution in [0.5, 0.6) is 0 Å². The standard InChI is InChI=1S/C26H43N11O12/c27-9-17(39)33-12(3-1-5-31-26(29)30)22(46)32-10-18(40)34-14(8-20(43)44)23(47)36-15(11-38)25(49)37-6-2-4-16(37)24(48)35-13(21(28)45)7-19(41)42/h12-16,38H,1-11,27H2,(H2,28,45)(H,32,46)(H,33,39)(H,34,40)(H,35,48)(H,36,47)(H,41,42)(H,43,44)(H4,29,30,31)/t12?,13?,14?,15?,16-/m0/s1. The second kappa shape index (κ2) is 20.6. The van der Waals surface area contributed by atoms with E-state index >= 15 is 0 Å². The molecule has 49 heavy (non-hydrogen) atoms. The highest BCUT2D eigenvalue weighted by molar-refractivity contribution is 5.98. The number of carboxylic acids is 2. The van der Waals surface area contributed by atoms with Crippen LogP contribution in [0, 0.1) is 0 Å². The van der Waals surface area contributed by atoms with Crippen molar-refractivity contribution in [3.8, 4) is 0 Å². The monoisotopic (exact) mass is 701 g/mol. The van der Waals surface area contributed by atoms with Gasteiger partial charge in [-0.3, -0.25) is 48.1 Å². The molecular weight excluding hydrogens is 658 g/mol. The zero-order valence-electron chi connectivity index (χ0n) is 26.4. The molecular formula is C26H43N11O12. The van der Waals surface area contributed by atoms with E-state index in [0.29, 0.717) is 0 Å². The second-order valence-corrected chi connectivity index (χ2v) is 10.7. The zero-order chi connectivity index (χ0) is 37.3. The maximum absolute atomic E-state index is 13.2. The van der Waals surface area contributed by atoms with E-state index < -0.39 is 116 Å². The SMILES string of the molecule is NCC(=O)NC(CCCN=C(N)N)C(=O)NCC(=O)NC(CC(=O)O)C(=O)NC(CO)C(=O)N1CCC[C@H]1C(=O)NC(CC(=O)O)C(N)=O. The first-order valence-corrected chi connectivity index (χ1v) is 14.9. The highest BCUT2D eigenvalue weighted by Gasteiger charge is 2.39. The Morgan fingerprint density at radius 1 is 0.796 bits per heavy atom. The highest BCUT2D eigenvalue weighted by atomic mass is 16.4. The normalized spacial score (nSPS) is 16.1. The summed E-state index contributed by atoms with van der Waals surface area (Å²) in [6.07, 6.45) is -1.14. The molecule has 0 aromatic carbocycles. The van der Waals surface area contributed by atoms with Gasteiger partial charge in [0.25, 0.3) is 0 Å². The minimum absolute atomic E-state index is 0.0283. The number of aliphatic hydroxyl groups is 1. The zero-order valence-corrected chi connectivity index (χ0v) is 26.4. The molecule has 0 bridgehead atoms. The number of hydrogen-bond donors (Lipinski definition) is 12. The third-order valence-corrected chi connectivity index (χ3v) is 6.91. The van der Waals surface area contributed by atoms with Gasteiger partial charge >= 0.3 is 11.9 Å². The lowest BCUT2D eigenvalue weighted by Gasteiger charge is -2.29. The van der Waals surface area contributed by atoms with E-state index in [-0.39, 0.29) is 44.7 Å². The number of aliphatic imine (C=N–C) groups is 1. The highest BCUT2D eigenvalue weighted by Crippen LogP contribution is 2.19. The van der Waals surface area contributed by atoms with Crippen molar-refractivity contribution in [2.24, 2.45) is 27.9 Å². The molecule has 1 saturated heterocycles. The number of likely N-dealkylation sites (tertiary alicyclic amines) is 1. The number of nitrogens with two attached hydrogens (primary N) is 4. The smallest absolute Gasteiger partial charge is 0.305 e. The van der Waals surface area contributed by atoms with Crippen molar-refractivity contribution in [3.63, 3.8) is 0 Å². The summed E-state index contributed by atoms with van der Waals surface area (Å²) in [4.78, 5) is 115. The predicted octanol–water partition coefficient (Wildman–Crippen LogP) is -7.53. The Balaban J connectivity index is 2.93. The number of carbonyl (C=O) groups excluding carboxylic acids is 7. The first-order chi connectivity index (χ1) is 23.0. The third-order valence-electron chi connectivity index (χ3n) is 6.91. The molecule has 23 nitrogen and oxygen atoms in total. The van der Waals surface area contributed by atoms with E-state index in [1.165, 1.54) is 0 Å². The van der Waals surface area contributed by atoms with Gasteiger partial charge in [0.05, 0.1) is 32.5 Å². The maximum Gasteiger partial charge on any atom is 0.305 e. The molecule has 0 saturated carbocycles. The fourth-order valence-corrected chi connectivity index (χ4v) is 4.57. The molecule has 0 aromatic heterocycles. The molecule has 16 N–H and O–H groups in total. The van der Waals surface area contributed by atoms with Crippen molar-refractivity contribution in [2.75, 3.05) is 32.8 Å². The van der Waals surface area contributed by atoms with Gasteiger partial charge in [-0.1, -0.05) is 0 Å². The lowest BCUT2D eigenvalue weighted by molar-refractivity contribution is -0.145. The fraction of sp³-hybridized carbons (Fsp3) is 0.615. The minimum atomic E-state index is -1.80. The Morgan fingerprint density at radius 3 is 1.96 bits per heavy atom. The lowest BCUT2D eigenvalue weighted by atomic mass is 10.1. The van der Waals surface area contributed by atoms with Gasteiger partial charge in [-0.25, -0.2) is 0 Å². The Kier molecular flexibility index (Phi) is 17.4. The van der Waals surface area contributed by atoms with Crippen LogP contribution in [0.15, 0.2) is 4.99 Å². The molecule has 0 aromatic rings. The molecule has 1 heterocycles. The molecule has 0 spiro atoms. The number of aliphatic carboxylic acids is 2. The van der Waals surface area contributed by atoms with Crippen LogP contribution in [-0.4, -0.2) is 142 Å². The van der Waals surface area contributed by atoms with Gasteiger partial charge in [-0.15, -0.1) is 0 Å². The molecule has 1 rings (SSSR count). The third kappa shape index (κ3) is 14.8. The average Bonchev–Trinajstić information content (AvgIpc) is 3.52. The molecule has 0 aliphatic carbocycles. The summed E-state index contributed by atoms with van der Waals surface area (Å²) in [5.74, 6) is -9.89. The molecule has 7 amide bonds. The number of carbonyl (C=O) groups is 9. The molecule has 1 aliphatic rings. The van der Waals surface area contributed by atoms with Gasteiger partial charge in [0.1, 0.15) is 30.2 Å².